The number of nitrogens with one attached hydrogen (secondary N) is 3. The van der Waals surface area contributed by atoms with E-state index in [4.69, 9.17) is 5.73 Å². The Balaban J connectivity index is 2.53. The van der Waals surface area contributed by atoms with Crippen LogP contribution in [0, 0.1) is 0 Å². The van der Waals surface area contributed by atoms with Crippen LogP contribution in [0.15, 0.2) is 18.2 Å². The summed E-state index contributed by atoms with van der Waals surface area (Å²) in [6, 6.07) is 5.03. The molecule has 116 valence electrons. The first-order chi connectivity index (χ1) is 9.73. The van der Waals surface area contributed by atoms with Crippen molar-refractivity contribution in [1.82, 2.24) is 10.6 Å². The van der Waals surface area contributed by atoms with Gasteiger partial charge in [-0.1, -0.05) is 0 Å². The SMILES string of the molecule is CNC(=O)c1ccc(NCCC(=O)NC(C)(C)C)c(N)c1. The fraction of sp³-hybridized carbons (Fsp3) is 0.467. The van der Waals surface area contributed by atoms with Gasteiger partial charge in [-0.2, -0.15) is 0 Å². The van der Waals surface area contributed by atoms with E-state index >= 15 is 0 Å². The highest BCUT2D eigenvalue weighted by Gasteiger charge is 2.13. The molecule has 0 aliphatic rings. The van der Waals surface area contributed by atoms with Crippen LogP contribution >= 0.6 is 0 Å². The molecule has 0 fully saturated rings. The summed E-state index contributed by atoms with van der Waals surface area (Å²) in [5.41, 5.74) is 7.36. The van der Waals surface area contributed by atoms with E-state index in [1.807, 2.05) is 20.8 Å². The van der Waals surface area contributed by atoms with Gasteiger partial charge in [0.1, 0.15) is 0 Å². The molecule has 0 heterocycles. The van der Waals surface area contributed by atoms with Crippen LogP contribution in [0.3, 0.4) is 0 Å². The number of rotatable bonds is 5. The minimum atomic E-state index is -0.231. The standard InChI is InChI=1S/C15H24N4O2/c1-15(2,3)19-13(20)7-8-18-12-6-5-10(9-11(12)16)14(21)17-4/h5-6,9,18H,7-8,16H2,1-4H3,(H,17,21)(H,19,20). The fourth-order valence-electron chi connectivity index (χ4n) is 1.80. The van der Waals surface area contributed by atoms with E-state index in [0.717, 1.165) is 0 Å². The van der Waals surface area contributed by atoms with E-state index < -0.39 is 0 Å². The van der Waals surface area contributed by atoms with E-state index in [0.29, 0.717) is 29.9 Å². The maximum absolute atomic E-state index is 11.7. The Kier molecular flexibility index (Phi) is 5.58. The van der Waals surface area contributed by atoms with Gasteiger partial charge < -0.3 is 21.7 Å². The average molecular weight is 292 g/mol. The van der Waals surface area contributed by atoms with E-state index in [1.165, 1.54) is 0 Å². The molecule has 1 aromatic carbocycles. The second-order valence-corrected chi connectivity index (χ2v) is 5.86. The van der Waals surface area contributed by atoms with Crippen LogP contribution in [0.25, 0.3) is 0 Å². The summed E-state index contributed by atoms with van der Waals surface area (Å²) in [5, 5.41) is 8.52. The summed E-state index contributed by atoms with van der Waals surface area (Å²) >= 11 is 0. The molecule has 1 aromatic rings. The number of nitrogens with two attached hydrogens (primary N) is 1. The summed E-state index contributed by atoms with van der Waals surface area (Å²) < 4.78 is 0. The number of nitrogen functional groups attached to an aromatic ring is 1. The number of benzene rings is 1. The minimum Gasteiger partial charge on any atom is -0.397 e. The largest absolute Gasteiger partial charge is 0.397 e. The summed E-state index contributed by atoms with van der Waals surface area (Å²) in [7, 11) is 1.57. The molecule has 0 atom stereocenters. The zero-order valence-corrected chi connectivity index (χ0v) is 13.0. The molecule has 0 aliphatic carbocycles. The van der Waals surface area contributed by atoms with Gasteiger partial charge in [0, 0.05) is 31.1 Å². The molecule has 6 nitrogen and oxygen atoms in total. The molecule has 0 saturated carbocycles. The highest BCUT2D eigenvalue weighted by atomic mass is 16.2. The van der Waals surface area contributed by atoms with E-state index in [-0.39, 0.29) is 17.4 Å². The Labute approximate surface area is 125 Å². The van der Waals surface area contributed by atoms with Gasteiger partial charge in [0.15, 0.2) is 0 Å². The van der Waals surface area contributed by atoms with Crippen molar-refractivity contribution in [3.63, 3.8) is 0 Å². The van der Waals surface area contributed by atoms with Crippen molar-refractivity contribution in [3.05, 3.63) is 23.8 Å². The summed E-state index contributed by atoms with van der Waals surface area (Å²) in [6.07, 6.45) is 0.355. The molecule has 0 radical (unpaired) electrons. The third kappa shape index (κ3) is 5.72. The molecule has 5 N–H and O–H groups in total. The van der Waals surface area contributed by atoms with Crippen LogP contribution in [-0.4, -0.2) is 30.9 Å². The number of carbonyl (C=O) groups is 2. The summed E-state index contributed by atoms with van der Waals surface area (Å²) in [5.74, 6) is -0.201. The Hall–Kier alpha value is -2.24. The van der Waals surface area contributed by atoms with Crippen molar-refractivity contribution in [2.75, 3.05) is 24.6 Å². The predicted molar refractivity (Wildman–Crippen MR) is 85.2 cm³/mol. The Morgan fingerprint density at radius 2 is 1.90 bits per heavy atom. The van der Waals surface area contributed by atoms with Crippen molar-refractivity contribution in [1.29, 1.82) is 0 Å². The van der Waals surface area contributed by atoms with E-state index in [1.54, 1.807) is 25.2 Å². The molecule has 2 amide bonds. The van der Waals surface area contributed by atoms with E-state index in [2.05, 4.69) is 16.0 Å². The molecular formula is C15H24N4O2. The van der Waals surface area contributed by atoms with Crippen molar-refractivity contribution in [3.8, 4) is 0 Å². The highest BCUT2D eigenvalue weighted by Crippen LogP contribution is 2.19. The van der Waals surface area contributed by atoms with Gasteiger partial charge in [-0.15, -0.1) is 0 Å². The normalized spacial score (nSPS) is 10.9. The predicted octanol–water partition coefficient (Wildman–Crippen LogP) is 1.35. The third-order valence-electron chi connectivity index (χ3n) is 2.72. The van der Waals surface area contributed by atoms with Crippen LogP contribution < -0.4 is 21.7 Å². The van der Waals surface area contributed by atoms with Gasteiger partial charge in [-0.25, -0.2) is 0 Å². The molecule has 21 heavy (non-hydrogen) atoms. The lowest BCUT2D eigenvalue weighted by Gasteiger charge is -2.20. The Morgan fingerprint density at radius 3 is 2.43 bits per heavy atom. The number of hydrogen-bond acceptors (Lipinski definition) is 4. The molecule has 0 spiro atoms. The van der Waals surface area contributed by atoms with Gasteiger partial charge in [-0.05, 0) is 39.0 Å². The maximum atomic E-state index is 11.7. The van der Waals surface area contributed by atoms with Gasteiger partial charge in [0.2, 0.25) is 5.91 Å². The monoisotopic (exact) mass is 292 g/mol. The smallest absolute Gasteiger partial charge is 0.251 e. The van der Waals surface area contributed by atoms with Crippen molar-refractivity contribution >= 4 is 23.2 Å². The summed E-state index contributed by atoms with van der Waals surface area (Å²) in [4.78, 5) is 23.2. The van der Waals surface area contributed by atoms with Gasteiger partial charge in [-0.3, -0.25) is 9.59 Å². The van der Waals surface area contributed by atoms with Crippen LogP contribution in [0.5, 0.6) is 0 Å². The van der Waals surface area contributed by atoms with Crippen LogP contribution in [0.1, 0.15) is 37.6 Å². The topological polar surface area (TPSA) is 96.2 Å². The number of hydrogen-bond donors (Lipinski definition) is 4. The van der Waals surface area contributed by atoms with Crippen LogP contribution in [0.2, 0.25) is 0 Å². The Bertz CT molecular complexity index is 521. The average Bonchev–Trinajstić information content (AvgIpc) is 2.37. The third-order valence-corrected chi connectivity index (χ3v) is 2.72. The van der Waals surface area contributed by atoms with E-state index in [9.17, 15) is 9.59 Å². The van der Waals surface area contributed by atoms with Gasteiger partial charge in [0.05, 0.1) is 11.4 Å². The molecule has 0 saturated heterocycles. The second-order valence-electron chi connectivity index (χ2n) is 5.86. The second kappa shape index (κ2) is 6.97. The zero-order valence-electron chi connectivity index (χ0n) is 13.0. The molecular weight excluding hydrogens is 268 g/mol. The molecule has 0 unspecified atom stereocenters. The first-order valence-corrected chi connectivity index (χ1v) is 6.89. The number of anilines is 2. The lowest BCUT2D eigenvalue weighted by molar-refractivity contribution is -0.122. The lowest BCUT2D eigenvalue weighted by atomic mass is 10.1. The first kappa shape index (κ1) is 16.8. The van der Waals surface area contributed by atoms with Crippen molar-refractivity contribution in [2.24, 2.45) is 0 Å². The number of amides is 2. The van der Waals surface area contributed by atoms with Crippen molar-refractivity contribution in [2.45, 2.75) is 32.7 Å². The van der Waals surface area contributed by atoms with Gasteiger partial charge in [0.25, 0.3) is 5.91 Å². The highest BCUT2D eigenvalue weighted by molar-refractivity contribution is 5.95. The Morgan fingerprint density at radius 1 is 1.24 bits per heavy atom. The minimum absolute atomic E-state index is 0.0180. The summed E-state index contributed by atoms with van der Waals surface area (Å²) in [6.45, 7) is 6.29. The lowest BCUT2D eigenvalue weighted by Crippen LogP contribution is -2.41. The maximum Gasteiger partial charge on any atom is 0.251 e. The molecule has 0 aliphatic heterocycles. The molecule has 0 aromatic heterocycles. The zero-order chi connectivity index (χ0) is 16.0. The first-order valence-electron chi connectivity index (χ1n) is 6.89. The fourth-order valence-corrected chi connectivity index (χ4v) is 1.80. The number of carbonyl (C=O) groups excluding carboxylic acids is 2. The van der Waals surface area contributed by atoms with Crippen LogP contribution in [-0.2, 0) is 4.79 Å². The van der Waals surface area contributed by atoms with Crippen LogP contribution in [0.4, 0.5) is 11.4 Å². The van der Waals surface area contributed by atoms with Crippen molar-refractivity contribution < 1.29 is 9.59 Å². The van der Waals surface area contributed by atoms with Gasteiger partial charge >= 0.3 is 0 Å². The molecule has 1 rings (SSSR count). The quantitative estimate of drug-likeness (QED) is 0.616. The molecule has 0 bridgehead atoms. The molecule has 6 heteroatoms.